The molecule has 0 saturated heterocycles. The van der Waals surface area contributed by atoms with E-state index in [1.807, 2.05) is 0 Å². The molecule has 0 bridgehead atoms. The van der Waals surface area contributed by atoms with Gasteiger partial charge in [-0.1, -0.05) is 0 Å². The van der Waals surface area contributed by atoms with E-state index in [1.54, 1.807) is 0 Å². The van der Waals surface area contributed by atoms with Gasteiger partial charge in [-0.3, -0.25) is 0 Å². The number of aliphatic hydroxyl groups excluding tert-OH is 1. The number of hydrogen-bond donors (Lipinski definition) is 7. The van der Waals surface area contributed by atoms with Crippen molar-refractivity contribution >= 4 is 11.9 Å². The quantitative estimate of drug-likeness (QED) is 0.194. The van der Waals surface area contributed by atoms with Crippen LogP contribution in [0.25, 0.3) is 0 Å². The fraction of sp³-hybridized carbons (Fsp3) is 0.429. The van der Waals surface area contributed by atoms with Gasteiger partial charge in [0.2, 0.25) is 0 Å². The summed E-state index contributed by atoms with van der Waals surface area (Å²) in [5.74, 6) is -5.48. The molecule has 9 nitrogen and oxygen atoms in total. The highest BCUT2D eigenvalue weighted by molar-refractivity contribution is 5.89. The topological polar surface area (TPSA) is 182 Å². The van der Waals surface area contributed by atoms with Crippen molar-refractivity contribution < 1.29 is 40.2 Å². The molecule has 0 aromatic heterocycles. The number of nitrogens with two attached hydrogens (primary N) is 1. The molecule has 0 radical (unpaired) electrons. The largest absolute Gasteiger partial charge is 0.478 e. The lowest BCUT2D eigenvalue weighted by Crippen LogP contribution is -2.50. The number of hydrogen-bond acceptors (Lipinski definition) is 7. The second-order valence-corrected chi connectivity index (χ2v) is 2.49. The molecule has 9 heteroatoms. The minimum atomic E-state index is -2.96. The number of carboxylic acid groups (broad SMARTS) is 2. The Bertz CT molecular complexity index is 240. The van der Waals surface area contributed by atoms with E-state index in [4.69, 9.17) is 36.4 Å². The van der Waals surface area contributed by atoms with Crippen molar-refractivity contribution in [3.8, 4) is 0 Å². The van der Waals surface area contributed by atoms with E-state index < -0.39 is 30.6 Å². The van der Waals surface area contributed by atoms with E-state index in [9.17, 15) is 9.59 Å². The molecule has 0 rings (SSSR count). The zero-order valence-corrected chi connectivity index (χ0v) is 8.02. The lowest BCUT2D eigenvalue weighted by molar-refractivity contribution is -0.325. The van der Waals surface area contributed by atoms with Gasteiger partial charge in [-0.2, -0.15) is 0 Å². The number of aliphatic carboxylic acids is 2. The Balaban J connectivity index is 0. The highest BCUT2D eigenvalue weighted by atomic mass is 16.7. The molecule has 8 N–H and O–H groups in total. The van der Waals surface area contributed by atoms with E-state index in [-0.39, 0.29) is 0 Å². The fourth-order valence-electron chi connectivity index (χ4n) is 0.265. The molecule has 0 heterocycles. The molecule has 94 valence electrons. The normalized spacial score (nSPS) is 12.8. The summed E-state index contributed by atoms with van der Waals surface area (Å²) in [6.07, 6.45) is 1.12. The molecule has 0 spiro atoms. The second kappa shape index (κ2) is 7.73. The molecule has 0 amide bonds. The van der Waals surface area contributed by atoms with Crippen molar-refractivity contribution in [3.63, 3.8) is 0 Å². The third kappa shape index (κ3) is 12.5. The molecular formula is C7H13NO8. The van der Waals surface area contributed by atoms with Gasteiger partial charge in [0, 0.05) is 12.2 Å². The van der Waals surface area contributed by atoms with Crippen LogP contribution < -0.4 is 5.73 Å². The van der Waals surface area contributed by atoms with Crippen molar-refractivity contribution in [3.05, 3.63) is 12.2 Å². The Morgan fingerprint density at radius 3 is 1.50 bits per heavy atom. The van der Waals surface area contributed by atoms with Crippen molar-refractivity contribution in [1.29, 1.82) is 0 Å². The monoisotopic (exact) mass is 239 g/mol. The predicted molar refractivity (Wildman–Crippen MR) is 48.9 cm³/mol. The first kappa shape index (κ1) is 16.9. The van der Waals surface area contributed by atoms with E-state index in [1.165, 1.54) is 0 Å². The van der Waals surface area contributed by atoms with Crippen molar-refractivity contribution in [1.82, 2.24) is 0 Å². The predicted octanol–water partition coefficient (Wildman–Crippen LogP) is -3.35. The molecule has 1 unspecified atom stereocenters. The van der Waals surface area contributed by atoms with Crippen LogP contribution in [0.1, 0.15) is 0 Å². The van der Waals surface area contributed by atoms with Crippen LogP contribution in [0, 0.1) is 0 Å². The lowest BCUT2D eigenvalue weighted by Gasteiger charge is -2.19. The number of carboxylic acids is 2. The molecule has 1 atom stereocenters. The van der Waals surface area contributed by atoms with Gasteiger partial charge in [-0.25, -0.2) is 9.59 Å². The van der Waals surface area contributed by atoms with Gasteiger partial charge in [0.05, 0.1) is 6.61 Å². The molecule has 0 fully saturated rings. The van der Waals surface area contributed by atoms with Crippen LogP contribution in [-0.2, 0) is 9.59 Å². The van der Waals surface area contributed by atoms with Gasteiger partial charge in [0.1, 0.15) is 6.04 Å². The van der Waals surface area contributed by atoms with Gasteiger partial charge in [-0.05, 0) is 0 Å². The van der Waals surface area contributed by atoms with Crippen LogP contribution in [0.15, 0.2) is 12.2 Å². The van der Waals surface area contributed by atoms with Crippen LogP contribution in [0.5, 0.6) is 0 Å². The van der Waals surface area contributed by atoms with Gasteiger partial charge in [-0.15, -0.1) is 0 Å². The van der Waals surface area contributed by atoms with Crippen LogP contribution >= 0.6 is 0 Å². The molecule has 0 aromatic rings. The van der Waals surface area contributed by atoms with Crippen LogP contribution in [0.4, 0.5) is 0 Å². The third-order valence-electron chi connectivity index (χ3n) is 1.06. The maximum Gasteiger partial charge on any atom is 0.328 e. The summed E-state index contributed by atoms with van der Waals surface area (Å²) in [5.41, 5.74) is 4.75. The van der Waals surface area contributed by atoms with Gasteiger partial charge in [0.15, 0.2) is 0 Å². The average molecular weight is 239 g/mol. The van der Waals surface area contributed by atoms with E-state index >= 15 is 0 Å². The van der Waals surface area contributed by atoms with Crippen LogP contribution in [0.2, 0.25) is 0 Å². The summed E-state index contributed by atoms with van der Waals surface area (Å²) < 4.78 is 0. The lowest BCUT2D eigenvalue weighted by atomic mass is 10.3. The molecule has 0 aliphatic heterocycles. The van der Waals surface area contributed by atoms with Gasteiger partial charge < -0.3 is 36.4 Å². The molecule has 0 saturated carbocycles. The average Bonchev–Trinajstić information content (AvgIpc) is 2.13. The zero-order valence-electron chi connectivity index (χ0n) is 8.02. The van der Waals surface area contributed by atoms with Crippen LogP contribution in [0.3, 0.4) is 0 Å². The van der Waals surface area contributed by atoms with Crippen molar-refractivity contribution in [2.24, 2.45) is 5.73 Å². The zero-order chi connectivity index (χ0) is 13.4. The molecule has 0 aliphatic carbocycles. The summed E-state index contributed by atoms with van der Waals surface area (Å²) in [7, 11) is 0. The van der Waals surface area contributed by atoms with Crippen molar-refractivity contribution in [2.75, 3.05) is 6.61 Å². The summed E-state index contributed by atoms with van der Waals surface area (Å²) in [6.45, 7) is -0.677. The molecule has 0 aromatic carbocycles. The first-order chi connectivity index (χ1) is 7.11. The van der Waals surface area contributed by atoms with E-state index in [0.717, 1.165) is 0 Å². The van der Waals surface area contributed by atoms with Gasteiger partial charge >= 0.3 is 11.9 Å². The smallest absolute Gasteiger partial charge is 0.328 e. The Morgan fingerprint density at radius 2 is 1.44 bits per heavy atom. The number of rotatable bonds is 4. The Hall–Kier alpha value is -1.52. The van der Waals surface area contributed by atoms with Gasteiger partial charge in [0.25, 0.3) is 5.97 Å². The SMILES string of the molecule is NC(CO)C(O)(O)O.O=C(O)/C=C\C(=O)O. The summed E-state index contributed by atoms with van der Waals surface area (Å²) in [4.78, 5) is 19.1. The standard InChI is InChI=1S/C4H4O4.C3H9NO4/c5-3(6)1-2-4(7)8;4-2(1-5)3(6,7)8/h1-2H,(H,5,6)(H,7,8);2,5-8H,1,4H2/b2-1-;. The maximum absolute atomic E-state index is 9.55. The van der Waals surface area contributed by atoms with E-state index in [0.29, 0.717) is 12.2 Å². The summed E-state index contributed by atoms with van der Waals surface area (Å²) in [5, 5.41) is 48.0. The Kier molecular flexibility index (Phi) is 8.16. The molecule has 16 heavy (non-hydrogen) atoms. The second-order valence-electron chi connectivity index (χ2n) is 2.49. The summed E-state index contributed by atoms with van der Waals surface area (Å²) in [6, 6.07) is -1.43. The summed E-state index contributed by atoms with van der Waals surface area (Å²) >= 11 is 0. The number of carbonyl (C=O) groups is 2. The van der Waals surface area contributed by atoms with E-state index in [2.05, 4.69) is 0 Å². The highest BCUT2D eigenvalue weighted by Gasteiger charge is 2.27. The molecule has 0 aliphatic rings. The first-order valence-corrected chi connectivity index (χ1v) is 3.78. The maximum atomic E-state index is 9.55. The van der Waals surface area contributed by atoms with Crippen LogP contribution in [-0.4, -0.2) is 61.2 Å². The molecular weight excluding hydrogens is 226 g/mol. The third-order valence-corrected chi connectivity index (χ3v) is 1.06. The first-order valence-electron chi connectivity index (χ1n) is 3.78. The van der Waals surface area contributed by atoms with Crippen molar-refractivity contribution in [2.45, 2.75) is 12.0 Å². The Labute approximate surface area is 89.7 Å². The minimum absolute atomic E-state index is 0.558. The highest BCUT2D eigenvalue weighted by Crippen LogP contribution is 1.95. The number of aliphatic hydroxyl groups is 4. The minimum Gasteiger partial charge on any atom is -0.478 e. The Morgan fingerprint density at radius 1 is 1.12 bits per heavy atom. The fourth-order valence-corrected chi connectivity index (χ4v) is 0.265.